The monoisotopic (exact) mass is 346 g/mol. The fraction of sp³-hybridized carbons (Fsp3) is 0.389. The van der Waals surface area contributed by atoms with Gasteiger partial charge in [-0.25, -0.2) is 9.97 Å². The number of aromatic nitrogens is 2. The highest BCUT2D eigenvalue weighted by Gasteiger charge is 2.19. The van der Waals surface area contributed by atoms with Gasteiger partial charge >= 0.3 is 0 Å². The Morgan fingerprint density at radius 1 is 1.12 bits per heavy atom. The predicted octanol–water partition coefficient (Wildman–Crippen LogP) is 2.95. The van der Waals surface area contributed by atoms with E-state index in [4.69, 9.17) is 11.6 Å². The highest BCUT2D eigenvalue weighted by Crippen LogP contribution is 2.14. The zero-order valence-corrected chi connectivity index (χ0v) is 15.3. The molecule has 24 heavy (non-hydrogen) atoms. The third-order valence-corrected chi connectivity index (χ3v) is 3.97. The number of carbonyl (C=O) groups excluding carboxylic acids is 1. The standard InChI is InChI=1S/C18H23ClN4O/c1-13-17(11-20-14(2)21-13)18(24)23(10-9-22(3)4)12-15-5-7-16(19)8-6-15/h5-8,11H,9-10,12H2,1-4H3. The van der Waals surface area contributed by atoms with Crippen molar-refractivity contribution < 1.29 is 4.79 Å². The number of amides is 1. The van der Waals surface area contributed by atoms with Gasteiger partial charge in [0.15, 0.2) is 0 Å². The van der Waals surface area contributed by atoms with E-state index >= 15 is 0 Å². The molecule has 0 spiro atoms. The minimum atomic E-state index is -0.0516. The molecule has 128 valence electrons. The second-order valence-electron chi connectivity index (χ2n) is 6.07. The number of aryl methyl sites for hydroxylation is 2. The van der Waals surface area contributed by atoms with Gasteiger partial charge in [0.05, 0.1) is 11.3 Å². The lowest BCUT2D eigenvalue weighted by molar-refractivity contribution is 0.0730. The molecule has 0 aliphatic carbocycles. The van der Waals surface area contributed by atoms with Crippen molar-refractivity contribution in [3.05, 3.63) is 58.1 Å². The third-order valence-electron chi connectivity index (χ3n) is 3.72. The summed E-state index contributed by atoms with van der Waals surface area (Å²) in [6.07, 6.45) is 1.62. The molecular formula is C18H23ClN4O. The SMILES string of the molecule is Cc1ncc(C(=O)N(CCN(C)C)Cc2ccc(Cl)cc2)c(C)n1. The molecule has 2 rings (SSSR count). The number of hydrogen-bond donors (Lipinski definition) is 0. The Kier molecular flexibility index (Phi) is 6.29. The molecule has 0 saturated heterocycles. The summed E-state index contributed by atoms with van der Waals surface area (Å²) in [4.78, 5) is 25.3. The van der Waals surface area contributed by atoms with Crippen molar-refractivity contribution in [3.63, 3.8) is 0 Å². The van der Waals surface area contributed by atoms with Gasteiger partial charge in [0.1, 0.15) is 5.82 Å². The van der Waals surface area contributed by atoms with Crippen LogP contribution in [0.5, 0.6) is 0 Å². The first-order valence-corrected chi connectivity index (χ1v) is 8.23. The quantitative estimate of drug-likeness (QED) is 0.807. The highest BCUT2D eigenvalue weighted by molar-refractivity contribution is 6.30. The number of halogens is 1. The summed E-state index contributed by atoms with van der Waals surface area (Å²) < 4.78 is 0. The van der Waals surface area contributed by atoms with Crippen LogP contribution < -0.4 is 0 Å². The maximum atomic E-state index is 13.0. The van der Waals surface area contributed by atoms with Gasteiger partial charge < -0.3 is 9.80 Å². The Bertz CT molecular complexity index is 701. The van der Waals surface area contributed by atoms with Crippen molar-refractivity contribution in [1.82, 2.24) is 19.8 Å². The van der Waals surface area contributed by atoms with E-state index in [1.165, 1.54) is 0 Å². The molecule has 0 aliphatic rings. The molecule has 0 atom stereocenters. The third kappa shape index (κ3) is 5.01. The van der Waals surface area contributed by atoms with Crippen LogP contribution in [0.3, 0.4) is 0 Å². The normalized spacial score (nSPS) is 10.9. The second-order valence-corrected chi connectivity index (χ2v) is 6.51. The van der Waals surface area contributed by atoms with Gasteiger partial charge in [-0.3, -0.25) is 4.79 Å². The van der Waals surface area contributed by atoms with E-state index in [0.717, 1.165) is 12.1 Å². The van der Waals surface area contributed by atoms with Crippen LogP contribution >= 0.6 is 11.6 Å². The molecule has 0 bridgehead atoms. The Morgan fingerprint density at radius 3 is 2.38 bits per heavy atom. The van der Waals surface area contributed by atoms with Gasteiger partial charge in [0.25, 0.3) is 5.91 Å². The smallest absolute Gasteiger partial charge is 0.257 e. The van der Waals surface area contributed by atoms with Crippen molar-refractivity contribution in [1.29, 1.82) is 0 Å². The molecule has 1 aromatic carbocycles. The maximum Gasteiger partial charge on any atom is 0.257 e. The number of rotatable bonds is 6. The van der Waals surface area contributed by atoms with E-state index < -0.39 is 0 Å². The molecule has 0 saturated carbocycles. The molecule has 0 radical (unpaired) electrons. The maximum absolute atomic E-state index is 13.0. The van der Waals surface area contributed by atoms with Crippen LogP contribution in [-0.2, 0) is 6.54 Å². The summed E-state index contributed by atoms with van der Waals surface area (Å²) in [6.45, 7) is 5.59. The zero-order valence-electron chi connectivity index (χ0n) is 14.6. The van der Waals surface area contributed by atoms with Crippen molar-refractivity contribution in [2.24, 2.45) is 0 Å². The Hall–Kier alpha value is -1.98. The van der Waals surface area contributed by atoms with E-state index in [1.807, 2.05) is 57.1 Å². The molecule has 6 heteroatoms. The van der Waals surface area contributed by atoms with Crippen LogP contribution in [0.2, 0.25) is 5.02 Å². The molecule has 0 fully saturated rings. The zero-order chi connectivity index (χ0) is 17.7. The van der Waals surface area contributed by atoms with E-state index in [9.17, 15) is 4.79 Å². The molecule has 5 nitrogen and oxygen atoms in total. The molecule has 1 amide bonds. The Morgan fingerprint density at radius 2 is 1.79 bits per heavy atom. The summed E-state index contributed by atoms with van der Waals surface area (Å²) in [5, 5.41) is 0.688. The number of likely N-dealkylation sites (N-methyl/N-ethyl adjacent to an activating group) is 1. The molecule has 2 aromatic rings. The number of benzene rings is 1. The molecule has 0 unspecified atom stereocenters. The van der Waals surface area contributed by atoms with Gasteiger partial charge in [-0.15, -0.1) is 0 Å². The number of carbonyl (C=O) groups is 1. The van der Waals surface area contributed by atoms with Gasteiger partial charge in [-0.2, -0.15) is 0 Å². The van der Waals surface area contributed by atoms with Gasteiger partial charge in [-0.05, 0) is 45.6 Å². The van der Waals surface area contributed by atoms with E-state index in [0.29, 0.717) is 35.2 Å². The summed E-state index contributed by atoms with van der Waals surface area (Å²) in [6, 6.07) is 7.56. The van der Waals surface area contributed by atoms with Crippen LogP contribution in [0.25, 0.3) is 0 Å². The summed E-state index contributed by atoms with van der Waals surface area (Å²) in [7, 11) is 3.98. The summed E-state index contributed by atoms with van der Waals surface area (Å²) in [5.74, 6) is 0.617. The first-order chi connectivity index (χ1) is 11.4. The minimum absolute atomic E-state index is 0.0516. The topological polar surface area (TPSA) is 49.3 Å². The van der Waals surface area contributed by atoms with Crippen LogP contribution in [-0.4, -0.2) is 52.9 Å². The fourth-order valence-corrected chi connectivity index (χ4v) is 2.47. The minimum Gasteiger partial charge on any atom is -0.333 e. The summed E-state index contributed by atoms with van der Waals surface area (Å²) in [5.41, 5.74) is 2.30. The van der Waals surface area contributed by atoms with Crippen LogP contribution in [0.1, 0.15) is 27.4 Å². The second kappa shape index (κ2) is 8.22. The van der Waals surface area contributed by atoms with Gasteiger partial charge in [0.2, 0.25) is 0 Å². The highest BCUT2D eigenvalue weighted by atomic mass is 35.5. The summed E-state index contributed by atoms with van der Waals surface area (Å²) >= 11 is 5.94. The van der Waals surface area contributed by atoms with E-state index in [1.54, 1.807) is 6.20 Å². The molecule has 0 aliphatic heterocycles. The first-order valence-electron chi connectivity index (χ1n) is 7.85. The molecule has 0 N–H and O–H groups in total. The van der Waals surface area contributed by atoms with Gasteiger partial charge in [-0.1, -0.05) is 23.7 Å². The van der Waals surface area contributed by atoms with Crippen LogP contribution in [0.15, 0.2) is 30.5 Å². The Labute approximate surface area is 148 Å². The van der Waals surface area contributed by atoms with Crippen LogP contribution in [0, 0.1) is 13.8 Å². The predicted molar refractivity (Wildman–Crippen MR) is 96.3 cm³/mol. The lowest BCUT2D eigenvalue weighted by atomic mass is 10.1. The average molecular weight is 347 g/mol. The number of nitrogens with zero attached hydrogens (tertiary/aromatic N) is 4. The van der Waals surface area contributed by atoms with Crippen molar-refractivity contribution >= 4 is 17.5 Å². The molecular weight excluding hydrogens is 324 g/mol. The first kappa shape index (κ1) is 18.4. The Balaban J connectivity index is 2.23. The van der Waals surface area contributed by atoms with Crippen molar-refractivity contribution in [2.75, 3.05) is 27.2 Å². The lowest BCUT2D eigenvalue weighted by Gasteiger charge is -2.25. The number of hydrogen-bond acceptors (Lipinski definition) is 4. The molecule has 1 heterocycles. The van der Waals surface area contributed by atoms with E-state index in [2.05, 4.69) is 14.9 Å². The van der Waals surface area contributed by atoms with E-state index in [-0.39, 0.29) is 5.91 Å². The average Bonchev–Trinajstić information content (AvgIpc) is 2.52. The van der Waals surface area contributed by atoms with Crippen molar-refractivity contribution in [2.45, 2.75) is 20.4 Å². The lowest BCUT2D eigenvalue weighted by Crippen LogP contribution is -2.36. The fourth-order valence-electron chi connectivity index (χ4n) is 2.35. The van der Waals surface area contributed by atoms with Crippen molar-refractivity contribution in [3.8, 4) is 0 Å². The van der Waals surface area contributed by atoms with Gasteiger partial charge in [0, 0.05) is 30.9 Å². The largest absolute Gasteiger partial charge is 0.333 e. The van der Waals surface area contributed by atoms with Crippen LogP contribution in [0.4, 0.5) is 0 Å². The molecule has 1 aromatic heterocycles.